The van der Waals surface area contributed by atoms with Crippen LogP contribution in [0.2, 0.25) is 5.15 Å². The fourth-order valence-electron chi connectivity index (χ4n) is 3.82. The Labute approximate surface area is 155 Å². The standard InChI is InChI=1S/C18H18ClN7/c19-15-2-1-12(9-21-15)10-25-7-4-13(5-8-25)16-17-14-3-6-20-18(14)22-11-26(17)24-23-16/h1-3,6,9,11,13,20H,4-5,7-8,10H2. The Balaban J connectivity index is 1.34. The molecule has 4 aromatic rings. The third kappa shape index (κ3) is 2.73. The van der Waals surface area contributed by atoms with Crippen LogP contribution in [-0.2, 0) is 6.54 Å². The van der Waals surface area contributed by atoms with E-state index in [0.717, 1.165) is 54.7 Å². The normalized spacial score (nSPS) is 16.7. The minimum absolute atomic E-state index is 0.424. The second-order valence-electron chi connectivity index (χ2n) is 6.79. The number of aromatic amines is 1. The highest BCUT2D eigenvalue weighted by atomic mass is 35.5. The number of pyridine rings is 1. The Morgan fingerprint density at radius 2 is 2.04 bits per heavy atom. The van der Waals surface area contributed by atoms with Gasteiger partial charge in [-0.15, -0.1) is 5.10 Å². The number of nitrogens with one attached hydrogen (secondary N) is 1. The molecule has 1 fully saturated rings. The lowest BCUT2D eigenvalue weighted by atomic mass is 9.92. The second-order valence-corrected chi connectivity index (χ2v) is 7.18. The minimum Gasteiger partial charge on any atom is -0.346 e. The summed E-state index contributed by atoms with van der Waals surface area (Å²) in [5.74, 6) is 0.424. The number of hydrogen-bond acceptors (Lipinski definition) is 5. The quantitative estimate of drug-likeness (QED) is 0.563. The van der Waals surface area contributed by atoms with Gasteiger partial charge in [-0.05, 0) is 43.6 Å². The predicted molar refractivity (Wildman–Crippen MR) is 99.1 cm³/mol. The molecule has 5 rings (SSSR count). The number of aromatic nitrogens is 6. The highest BCUT2D eigenvalue weighted by Crippen LogP contribution is 2.32. The first kappa shape index (κ1) is 15.7. The van der Waals surface area contributed by atoms with Gasteiger partial charge in [-0.1, -0.05) is 22.9 Å². The van der Waals surface area contributed by atoms with E-state index in [0.29, 0.717) is 11.1 Å². The highest BCUT2D eigenvalue weighted by molar-refractivity contribution is 6.29. The molecule has 132 valence electrons. The minimum atomic E-state index is 0.424. The number of H-pyrrole nitrogens is 1. The van der Waals surface area contributed by atoms with Gasteiger partial charge >= 0.3 is 0 Å². The zero-order valence-electron chi connectivity index (χ0n) is 14.1. The lowest BCUT2D eigenvalue weighted by molar-refractivity contribution is 0.203. The Bertz CT molecular complexity index is 1040. The first-order valence-corrected chi connectivity index (χ1v) is 9.15. The molecule has 1 saturated heterocycles. The van der Waals surface area contributed by atoms with Gasteiger partial charge in [0, 0.05) is 30.2 Å². The monoisotopic (exact) mass is 367 g/mol. The van der Waals surface area contributed by atoms with Crippen molar-refractivity contribution in [2.75, 3.05) is 13.1 Å². The average Bonchev–Trinajstić information content (AvgIpc) is 3.30. The summed E-state index contributed by atoms with van der Waals surface area (Å²) in [5, 5.41) is 10.4. The van der Waals surface area contributed by atoms with Gasteiger partial charge in [0.15, 0.2) is 0 Å². The molecule has 7 nitrogen and oxygen atoms in total. The van der Waals surface area contributed by atoms with E-state index in [-0.39, 0.29) is 0 Å². The van der Waals surface area contributed by atoms with Gasteiger partial charge in [0.25, 0.3) is 0 Å². The van der Waals surface area contributed by atoms with Crippen molar-refractivity contribution < 1.29 is 0 Å². The summed E-state index contributed by atoms with van der Waals surface area (Å²) in [4.78, 5) is 14.2. The molecule has 0 spiro atoms. The molecular weight excluding hydrogens is 350 g/mol. The molecule has 0 bridgehead atoms. The first-order chi connectivity index (χ1) is 12.8. The van der Waals surface area contributed by atoms with E-state index >= 15 is 0 Å². The van der Waals surface area contributed by atoms with E-state index < -0.39 is 0 Å². The van der Waals surface area contributed by atoms with Crippen LogP contribution in [0.3, 0.4) is 0 Å². The van der Waals surface area contributed by atoms with Crippen LogP contribution in [-0.4, -0.2) is 47.8 Å². The molecule has 0 atom stereocenters. The maximum Gasteiger partial charge on any atom is 0.141 e. The summed E-state index contributed by atoms with van der Waals surface area (Å²) >= 11 is 5.87. The van der Waals surface area contributed by atoms with Gasteiger partial charge in [-0.3, -0.25) is 4.90 Å². The summed E-state index contributed by atoms with van der Waals surface area (Å²) in [5.41, 5.74) is 4.25. The number of rotatable bonds is 3. The van der Waals surface area contributed by atoms with Crippen LogP contribution >= 0.6 is 11.6 Å². The maximum atomic E-state index is 5.87. The van der Waals surface area contributed by atoms with E-state index in [4.69, 9.17) is 11.6 Å². The van der Waals surface area contributed by atoms with E-state index in [1.807, 2.05) is 30.6 Å². The lowest BCUT2D eigenvalue weighted by Crippen LogP contribution is -2.32. The zero-order valence-corrected chi connectivity index (χ0v) is 14.9. The largest absolute Gasteiger partial charge is 0.346 e. The predicted octanol–water partition coefficient (Wildman–Crippen LogP) is 3.03. The molecule has 4 aromatic heterocycles. The summed E-state index contributed by atoms with van der Waals surface area (Å²) in [7, 11) is 0. The number of nitrogens with zero attached hydrogens (tertiary/aromatic N) is 6. The molecule has 1 N–H and O–H groups in total. The van der Waals surface area contributed by atoms with Gasteiger partial charge in [-0.2, -0.15) is 0 Å². The van der Waals surface area contributed by atoms with E-state index in [1.54, 1.807) is 10.8 Å². The van der Waals surface area contributed by atoms with E-state index in [9.17, 15) is 0 Å². The summed E-state index contributed by atoms with van der Waals surface area (Å²) in [6, 6.07) is 5.94. The van der Waals surface area contributed by atoms with Gasteiger partial charge in [-0.25, -0.2) is 14.5 Å². The van der Waals surface area contributed by atoms with Crippen molar-refractivity contribution in [1.29, 1.82) is 0 Å². The molecule has 1 aliphatic heterocycles. The van der Waals surface area contributed by atoms with Crippen molar-refractivity contribution >= 4 is 28.2 Å². The number of fused-ring (bicyclic) bond motifs is 3. The number of likely N-dealkylation sites (tertiary alicyclic amines) is 1. The fraction of sp³-hybridized carbons (Fsp3) is 0.333. The topological polar surface area (TPSA) is 75.0 Å². The van der Waals surface area contributed by atoms with Crippen molar-refractivity contribution in [1.82, 2.24) is 34.7 Å². The molecule has 0 aliphatic carbocycles. The Kier molecular flexibility index (Phi) is 3.83. The van der Waals surface area contributed by atoms with Gasteiger partial charge < -0.3 is 4.98 Å². The molecule has 8 heteroatoms. The molecule has 0 radical (unpaired) electrons. The van der Waals surface area contributed by atoms with Crippen LogP contribution in [0.15, 0.2) is 36.9 Å². The van der Waals surface area contributed by atoms with Crippen LogP contribution < -0.4 is 0 Å². The summed E-state index contributed by atoms with van der Waals surface area (Å²) in [6.45, 7) is 2.98. The van der Waals surface area contributed by atoms with Gasteiger partial charge in [0.1, 0.15) is 22.6 Å². The van der Waals surface area contributed by atoms with Crippen LogP contribution in [0.25, 0.3) is 16.6 Å². The molecular formula is C18H18ClN7. The van der Waals surface area contributed by atoms with Gasteiger partial charge in [0.2, 0.25) is 0 Å². The number of halogens is 1. The van der Waals surface area contributed by atoms with Crippen molar-refractivity contribution in [2.24, 2.45) is 0 Å². The van der Waals surface area contributed by atoms with Crippen LogP contribution in [0.4, 0.5) is 0 Å². The summed E-state index contributed by atoms with van der Waals surface area (Å²) < 4.78 is 1.79. The zero-order chi connectivity index (χ0) is 17.5. The van der Waals surface area contributed by atoms with Crippen molar-refractivity contribution in [2.45, 2.75) is 25.3 Å². The third-order valence-corrected chi connectivity index (χ3v) is 5.39. The molecule has 1 aliphatic rings. The number of hydrogen-bond donors (Lipinski definition) is 1. The van der Waals surface area contributed by atoms with E-state index in [2.05, 4.69) is 30.2 Å². The third-order valence-electron chi connectivity index (χ3n) is 5.17. The molecule has 5 heterocycles. The maximum absolute atomic E-state index is 5.87. The molecule has 0 amide bonds. The lowest BCUT2D eigenvalue weighted by Gasteiger charge is -2.31. The van der Waals surface area contributed by atoms with Crippen molar-refractivity contribution in [3.8, 4) is 0 Å². The van der Waals surface area contributed by atoms with Crippen LogP contribution in [0.1, 0.15) is 30.0 Å². The smallest absolute Gasteiger partial charge is 0.141 e. The molecule has 0 aromatic carbocycles. The van der Waals surface area contributed by atoms with Crippen LogP contribution in [0, 0.1) is 0 Å². The average molecular weight is 368 g/mol. The van der Waals surface area contributed by atoms with Crippen molar-refractivity contribution in [3.05, 3.63) is 53.3 Å². The molecule has 26 heavy (non-hydrogen) atoms. The summed E-state index contributed by atoms with van der Waals surface area (Å²) in [6.07, 6.45) is 7.65. The Morgan fingerprint density at radius 3 is 2.85 bits per heavy atom. The number of piperidine rings is 1. The highest BCUT2D eigenvalue weighted by Gasteiger charge is 2.25. The molecule has 0 saturated carbocycles. The van der Waals surface area contributed by atoms with Gasteiger partial charge in [0.05, 0.1) is 5.69 Å². The van der Waals surface area contributed by atoms with Crippen molar-refractivity contribution in [3.63, 3.8) is 0 Å². The SMILES string of the molecule is Clc1ccc(CN2CCC(c3nnn4cnc5[nH]ccc5c34)CC2)cn1. The molecule has 0 unspecified atom stereocenters. The first-order valence-electron chi connectivity index (χ1n) is 8.78. The Morgan fingerprint density at radius 1 is 1.15 bits per heavy atom. The van der Waals surface area contributed by atoms with E-state index in [1.165, 1.54) is 5.56 Å². The fourth-order valence-corrected chi connectivity index (χ4v) is 3.93. The van der Waals surface area contributed by atoms with Crippen LogP contribution in [0.5, 0.6) is 0 Å². The second kappa shape index (κ2) is 6.34. The Hall–Kier alpha value is -2.51.